The van der Waals surface area contributed by atoms with Crippen molar-refractivity contribution in [1.29, 1.82) is 0 Å². The molecule has 1 aromatic heterocycles. The number of H-pyrrole nitrogens is 1. The van der Waals surface area contributed by atoms with Crippen LogP contribution in [-0.4, -0.2) is 27.1 Å². The number of carbonyl (C=O) groups is 1. The third-order valence-electron chi connectivity index (χ3n) is 3.29. The van der Waals surface area contributed by atoms with Gasteiger partial charge in [0.1, 0.15) is 18.2 Å². The standard InChI is InChI=1S/C13H15N5O/c1-8(12-14-7-15-18-12)16-13(19)11-6-9-4-2-3-5-10(9)17-11/h2-5,7-8,11,17H,6H2,1H3,(H,16,19)(H,14,15,18)/t8?,11-/m0/s1. The molecule has 1 unspecified atom stereocenters. The lowest BCUT2D eigenvalue weighted by Crippen LogP contribution is -2.39. The van der Waals surface area contributed by atoms with Crippen molar-refractivity contribution in [2.45, 2.75) is 25.4 Å². The maximum absolute atomic E-state index is 12.2. The number of rotatable bonds is 3. The van der Waals surface area contributed by atoms with Crippen LogP contribution in [0.15, 0.2) is 30.6 Å². The van der Waals surface area contributed by atoms with Crippen LogP contribution in [0.2, 0.25) is 0 Å². The van der Waals surface area contributed by atoms with E-state index in [0.717, 1.165) is 5.69 Å². The lowest BCUT2D eigenvalue weighted by Gasteiger charge is -2.15. The van der Waals surface area contributed by atoms with Crippen LogP contribution in [0.25, 0.3) is 0 Å². The van der Waals surface area contributed by atoms with E-state index in [1.165, 1.54) is 11.9 Å². The zero-order valence-corrected chi connectivity index (χ0v) is 10.6. The van der Waals surface area contributed by atoms with Crippen molar-refractivity contribution in [2.75, 3.05) is 5.32 Å². The van der Waals surface area contributed by atoms with Crippen molar-refractivity contribution >= 4 is 11.6 Å². The summed E-state index contributed by atoms with van der Waals surface area (Å²) < 4.78 is 0. The highest BCUT2D eigenvalue weighted by molar-refractivity contribution is 5.87. The van der Waals surface area contributed by atoms with Crippen molar-refractivity contribution in [2.24, 2.45) is 0 Å². The average molecular weight is 257 g/mol. The van der Waals surface area contributed by atoms with Crippen LogP contribution in [-0.2, 0) is 11.2 Å². The van der Waals surface area contributed by atoms with E-state index in [-0.39, 0.29) is 18.0 Å². The number of carbonyl (C=O) groups excluding carboxylic acids is 1. The predicted octanol–water partition coefficient (Wildman–Crippen LogP) is 1.02. The summed E-state index contributed by atoms with van der Waals surface area (Å²) in [5, 5.41) is 12.7. The van der Waals surface area contributed by atoms with Gasteiger partial charge in [-0.05, 0) is 18.6 Å². The molecular formula is C13H15N5O. The zero-order chi connectivity index (χ0) is 13.2. The summed E-state index contributed by atoms with van der Waals surface area (Å²) in [6.07, 6.45) is 2.15. The minimum atomic E-state index is -0.220. The summed E-state index contributed by atoms with van der Waals surface area (Å²) in [7, 11) is 0. The molecule has 6 heteroatoms. The van der Waals surface area contributed by atoms with Gasteiger partial charge in [-0.25, -0.2) is 4.98 Å². The number of hydrogen-bond acceptors (Lipinski definition) is 4. The second kappa shape index (κ2) is 4.72. The van der Waals surface area contributed by atoms with Gasteiger partial charge in [-0.15, -0.1) is 0 Å². The number of anilines is 1. The molecule has 2 atom stereocenters. The topological polar surface area (TPSA) is 82.7 Å². The largest absolute Gasteiger partial charge is 0.373 e. The number of aromatic nitrogens is 3. The smallest absolute Gasteiger partial charge is 0.243 e. The normalized spacial score (nSPS) is 18.5. The molecule has 1 aromatic carbocycles. The number of benzene rings is 1. The van der Waals surface area contributed by atoms with Crippen molar-refractivity contribution < 1.29 is 4.79 Å². The molecule has 2 heterocycles. The second-order valence-corrected chi connectivity index (χ2v) is 4.66. The van der Waals surface area contributed by atoms with E-state index in [1.807, 2.05) is 31.2 Å². The maximum atomic E-state index is 12.2. The minimum absolute atomic E-state index is 0.0277. The lowest BCUT2D eigenvalue weighted by molar-refractivity contribution is -0.122. The van der Waals surface area contributed by atoms with E-state index in [0.29, 0.717) is 12.2 Å². The molecule has 1 aliphatic heterocycles. The molecule has 98 valence electrons. The Morgan fingerprint density at radius 1 is 1.47 bits per heavy atom. The molecule has 0 radical (unpaired) electrons. The second-order valence-electron chi connectivity index (χ2n) is 4.66. The van der Waals surface area contributed by atoms with Gasteiger partial charge in [0.25, 0.3) is 0 Å². The highest BCUT2D eigenvalue weighted by Gasteiger charge is 2.27. The lowest BCUT2D eigenvalue weighted by atomic mass is 10.1. The van der Waals surface area contributed by atoms with Gasteiger partial charge in [0.15, 0.2) is 0 Å². The molecule has 0 saturated carbocycles. The quantitative estimate of drug-likeness (QED) is 0.766. The number of nitrogens with one attached hydrogen (secondary N) is 3. The van der Waals surface area contributed by atoms with E-state index in [2.05, 4.69) is 25.8 Å². The number of nitrogens with zero attached hydrogens (tertiary/aromatic N) is 2. The van der Waals surface area contributed by atoms with Gasteiger partial charge in [0.2, 0.25) is 5.91 Å². The van der Waals surface area contributed by atoms with Crippen molar-refractivity contribution in [3.8, 4) is 0 Å². The molecule has 19 heavy (non-hydrogen) atoms. The summed E-state index contributed by atoms with van der Waals surface area (Å²) >= 11 is 0. The first-order valence-corrected chi connectivity index (χ1v) is 6.24. The number of fused-ring (bicyclic) bond motifs is 1. The number of para-hydroxylation sites is 1. The summed E-state index contributed by atoms with van der Waals surface area (Å²) in [5.41, 5.74) is 2.21. The molecular weight excluding hydrogens is 242 g/mol. The van der Waals surface area contributed by atoms with Gasteiger partial charge in [0.05, 0.1) is 6.04 Å². The fraction of sp³-hybridized carbons (Fsp3) is 0.308. The number of hydrogen-bond donors (Lipinski definition) is 3. The Bertz CT molecular complexity index is 555. The molecule has 0 spiro atoms. The first-order valence-electron chi connectivity index (χ1n) is 6.24. The monoisotopic (exact) mass is 257 g/mol. The van der Waals surface area contributed by atoms with E-state index >= 15 is 0 Å². The summed E-state index contributed by atoms with van der Waals surface area (Å²) in [6, 6.07) is 7.57. The van der Waals surface area contributed by atoms with Crippen molar-refractivity contribution in [1.82, 2.24) is 20.5 Å². The van der Waals surface area contributed by atoms with E-state index < -0.39 is 0 Å². The Kier molecular flexibility index (Phi) is 2.91. The highest BCUT2D eigenvalue weighted by Crippen LogP contribution is 2.25. The molecule has 3 rings (SSSR count). The van der Waals surface area contributed by atoms with Crippen molar-refractivity contribution in [3.63, 3.8) is 0 Å². The fourth-order valence-corrected chi connectivity index (χ4v) is 2.26. The van der Waals surface area contributed by atoms with Gasteiger partial charge in [0, 0.05) is 12.1 Å². The summed E-state index contributed by atoms with van der Waals surface area (Å²) in [6.45, 7) is 1.88. The van der Waals surface area contributed by atoms with Crippen LogP contribution < -0.4 is 10.6 Å². The molecule has 0 bridgehead atoms. The van der Waals surface area contributed by atoms with E-state index in [4.69, 9.17) is 0 Å². The molecule has 0 saturated heterocycles. The van der Waals surface area contributed by atoms with Gasteiger partial charge >= 0.3 is 0 Å². The van der Waals surface area contributed by atoms with Crippen LogP contribution in [0.5, 0.6) is 0 Å². The van der Waals surface area contributed by atoms with Crippen LogP contribution in [0, 0.1) is 0 Å². The Balaban J connectivity index is 1.64. The fourth-order valence-electron chi connectivity index (χ4n) is 2.26. The van der Waals surface area contributed by atoms with Crippen molar-refractivity contribution in [3.05, 3.63) is 42.0 Å². The van der Waals surface area contributed by atoms with Crippen LogP contribution >= 0.6 is 0 Å². The van der Waals surface area contributed by atoms with E-state index in [9.17, 15) is 4.79 Å². The molecule has 1 aliphatic rings. The van der Waals surface area contributed by atoms with E-state index in [1.54, 1.807) is 0 Å². The maximum Gasteiger partial charge on any atom is 0.243 e. The Morgan fingerprint density at radius 3 is 3.05 bits per heavy atom. The van der Waals surface area contributed by atoms with Gasteiger partial charge < -0.3 is 10.6 Å². The molecule has 3 N–H and O–H groups in total. The minimum Gasteiger partial charge on any atom is -0.373 e. The zero-order valence-electron chi connectivity index (χ0n) is 10.6. The first kappa shape index (κ1) is 11.7. The van der Waals surface area contributed by atoms with Crippen LogP contribution in [0.1, 0.15) is 24.4 Å². The Labute approximate surface area is 110 Å². The first-order chi connectivity index (χ1) is 9.24. The third-order valence-corrected chi connectivity index (χ3v) is 3.29. The van der Waals surface area contributed by atoms with Gasteiger partial charge in [-0.3, -0.25) is 9.89 Å². The molecule has 2 aromatic rings. The molecule has 6 nitrogen and oxygen atoms in total. The third kappa shape index (κ3) is 2.29. The summed E-state index contributed by atoms with van der Waals surface area (Å²) in [4.78, 5) is 16.2. The van der Waals surface area contributed by atoms with Crippen LogP contribution in [0.3, 0.4) is 0 Å². The van der Waals surface area contributed by atoms with Crippen LogP contribution in [0.4, 0.5) is 5.69 Å². The molecule has 1 amide bonds. The highest BCUT2D eigenvalue weighted by atomic mass is 16.2. The molecule has 0 fully saturated rings. The molecule has 0 aliphatic carbocycles. The Morgan fingerprint density at radius 2 is 2.32 bits per heavy atom. The van der Waals surface area contributed by atoms with Gasteiger partial charge in [-0.1, -0.05) is 18.2 Å². The summed E-state index contributed by atoms with van der Waals surface area (Å²) in [5.74, 6) is 0.629. The number of aromatic amines is 1. The average Bonchev–Trinajstić information content (AvgIpc) is 3.07. The Hall–Kier alpha value is -2.37. The predicted molar refractivity (Wildman–Crippen MR) is 70.5 cm³/mol. The SMILES string of the molecule is CC(NC(=O)[C@@H]1Cc2ccccc2N1)c1ncn[nH]1. The van der Waals surface area contributed by atoms with Gasteiger partial charge in [-0.2, -0.15) is 5.10 Å². The number of amides is 1.